The van der Waals surface area contributed by atoms with Crippen LogP contribution >= 0.6 is 46.5 Å². The Morgan fingerprint density at radius 2 is 1.84 bits per heavy atom. The summed E-state index contributed by atoms with van der Waals surface area (Å²) >= 11 is 10.2. The highest BCUT2D eigenvalue weighted by Gasteiger charge is 2.35. The summed E-state index contributed by atoms with van der Waals surface area (Å²) in [4.78, 5) is 31.8. The van der Waals surface area contributed by atoms with E-state index in [1.54, 1.807) is 24.9 Å². The molecule has 1 aliphatic rings. The predicted octanol–water partition coefficient (Wildman–Crippen LogP) is 6.33. The number of hydrogen-bond acceptors (Lipinski definition) is 7. The molecule has 0 spiro atoms. The number of thioether (sulfide) groups is 2. The van der Waals surface area contributed by atoms with Gasteiger partial charge in [0.1, 0.15) is 10.9 Å². The molecule has 0 unspecified atom stereocenters. The summed E-state index contributed by atoms with van der Waals surface area (Å²) in [5.41, 5.74) is 2.04. The maximum Gasteiger partial charge on any atom is 0.293 e. The van der Waals surface area contributed by atoms with Gasteiger partial charge in [0, 0.05) is 5.75 Å². The summed E-state index contributed by atoms with van der Waals surface area (Å²) in [6.45, 7) is 0.252. The van der Waals surface area contributed by atoms with Crippen LogP contribution in [-0.4, -0.2) is 28.1 Å². The maximum absolute atomic E-state index is 12.7. The van der Waals surface area contributed by atoms with Crippen molar-refractivity contribution in [2.24, 2.45) is 0 Å². The van der Waals surface area contributed by atoms with Gasteiger partial charge in [-0.15, -0.1) is 11.3 Å². The van der Waals surface area contributed by atoms with Gasteiger partial charge in [-0.05, 0) is 41.1 Å². The van der Waals surface area contributed by atoms with Gasteiger partial charge < -0.3 is 4.74 Å². The summed E-state index contributed by atoms with van der Waals surface area (Å²) in [5.74, 6) is 1.24. The molecule has 5 nitrogen and oxygen atoms in total. The number of benzene rings is 2. The van der Waals surface area contributed by atoms with Crippen LogP contribution in [0, 0.1) is 0 Å². The van der Waals surface area contributed by atoms with Gasteiger partial charge in [0.25, 0.3) is 11.1 Å². The van der Waals surface area contributed by atoms with E-state index in [-0.39, 0.29) is 17.7 Å². The topological polar surface area (TPSA) is 59.5 Å². The Hall–Kier alpha value is -2.26. The highest BCUT2D eigenvalue weighted by Crippen LogP contribution is 2.38. The molecule has 0 N–H and O–H groups in total. The van der Waals surface area contributed by atoms with E-state index in [4.69, 9.17) is 16.3 Å². The third-order valence-electron chi connectivity index (χ3n) is 4.43. The van der Waals surface area contributed by atoms with Crippen molar-refractivity contribution in [1.82, 2.24) is 9.88 Å². The number of imide groups is 1. The zero-order valence-electron chi connectivity index (χ0n) is 16.4. The van der Waals surface area contributed by atoms with Gasteiger partial charge >= 0.3 is 0 Å². The number of amides is 2. The highest BCUT2D eigenvalue weighted by atomic mass is 35.5. The average Bonchev–Trinajstić information content (AvgIpc) is 3.27. The maximum atomic E-state index is 12.7. The number of carbonyl (C=O) groups is 2. The second-order valence-corrected chi connectivity index (χ2v) is 10.1. The molecule has 1 saturated heterocycles. The SMILES string of the molecule is COc1ccc(CSc2nc(Cl)c(/C=C3/SC(=O)N(Cc4ccccc4)C3=O)s2)cc1. The molecule has 2 aromatic carbocycles. The fourth-order valence-corrected chi connectivity index (χ4v) is 6.03. The first-order valence-corrected chi connectivity index (χ1v) is 12.2. The predicted molar refractivity (Wildman–Crippen MR) is 128 cm³/mol. The first-order chi connectivity index (χ1) is 15.0. The quantitative estimate of drug-likeness (QED) is 0.286. The minimum atomic E-state index is -0.309. The third kappa shape index (κ3) is 5.33. The minimum absolute atomic E-state index is 0.252. The summed E-state index contributed by atoms with van der Waals surface area (Å²) < 4.78 is 5.97. The Morgan fingerprint density at radius 1 is 1.10 bits per heavy atom. The lowest BCUT2D eigenvalue weighted by molar-refractivity contribution is -0.123. The summed E-state index contributed by atoms with van der Waals surface area (Å²) in [6, 6.07) is 17.3. The van der Waals surface area contributed by atoms with E-state index in [2.05, 4.69) is 4.98 Å². The average molecular weight is 489 g/mol. The molecule has 9 heteroatoms. The van der Waals surface area contributed by atoms with Crippen molar-refractivity contribution in [2.45, 2.75) is 16.6 Å². The monoisotopic (exact) mass is 488 g/mol. The highest BCUT2D eigenvalue weighted by molar-refractivity contribution is 8.18. The van der Waals surface area contributed by atoms with E-state index >= 15 is 0 Å². The molecule has 158 valence electrons. The zero-order chi connectivity index (χ0) is 21.8. The minimum Gasteiger partial charge on any atom is -0.497 e. The van der Waals surface area contributed by atoms with Gasteiger partial charge in [-0.2, -0.15) is 0 Å². The smallest absolute Gasteiger partial charge is 0.293 e. The molecule has 1 aliphatic heterocycles. The molecule has 4 rings (SSSR count). The number of carbonyl (C=O) groups excluding carboxylic acids is 2. The largest absolute Gasteiger partial charge is 0.497 e. The van der Waals surface area contributed by atoms with Crippen LogP contribution in [0.1, 0.15) is 16.0 Å². The van der Waals surface area contributed by atoms with Crippen LogP contribution in [0.2, 0.25) is 5.15 Å². The Kier molecular flexibility index (Phi) is 7.02. The molecular weight excluding hydrogens is 472 g/mol. The molecule has 0 aliphatic carbocycles. The van der Waals surface area contributed by atoms with Crippen molar-refractivity contribution in [3.63, 3.8) is 0 Å². The standard InChI is InChI=1S/C22H17ClN2O3S3/c1-28-16-9-7-15(8-10-16)13-29-21-24-19(23)17(30-21)11-18-20(26)25(22(27)31-18)12-14-5-3-2-4-6-14/h2-11H,12-13H2,1H3/b18-11+. The number of methoxy groups -OCH3 is 1. The van der Waals surface area contributed by atoms with E-state index in [1.165, 1.54) is 16.2 Å². The number of hydrogen-bond donors (Lipinski definition) is 0. The molecular formula is C22H17ClN2O3S3. The number of rotatable bonds is 7. The molecule has 0 radical (unpaired) electrons. The molecule has 3 aromatic rings. The molecule has 2 amide bonds. The fourth-order valence-electron chi connectivity index (χ4n) is 2.83. The van der Waals surface area contributed by atoms with Gasteiger partial charge in [0.2, 0.25) is 0 Å². The van der Waals surface area contributed by atoms with Crippen molar-refractivity contribution in [2.75, 3.05) is 7.11 Å². The van der Waals surface area contributed by atoms with Crippen LogP contribution < -0.4 is 4.74 Å². The van der Waals surface area contributed by atoms with Gasteiger partial charge in [0.05, 0.1) is 23.4 Å². The van der Waals surface area contributed by atoms with E-state index in [1.807, 2.05) is 54.6 Å². The molecule has 0 saturated carbocycles. The van der Waals surface area contributed by atoms with Crippen molar-refractivity contribution in [1.29, 1.82) is 0 Å². The second kappa shape index (κ2) is 9.91. The van der Waals surface area contributed by atoms with Crippen LogP contribution in [0.5, 0.6) is 5.75 Å². The third-order valence-corrected chi connectivity index (χ3v) is 7.95. The Labute approximate surface area is 197 Å². The normalized spacial score (nSPS) is 15.2. The second-order valence-electron chi connectivity index (χ2n) is 6.53. The van der Waals surface area contributed by atoms with E-state index in [0.717, 1.165) is 38.7 Å². The lowest BCUT2D eigenvalue weighted by Crippen LogP contribution is -2.27. The Morgan fingerprint density at radius 3 is 2.55 bits per heavy atom. The molecule has 1 fully saturated rings. The fraction of sp³-hybridized carbons (Fsp3) is 0.136. The Balaban J connectivity index is 1.44. The summed E-state index contributed by atoms with van der Waals surface area (Å²) in [7, 11) is 1.64. The molecule has 1 aromatic heterocycles. The van der Waals surface area contributed by atoms with Crippen LogP contribution in [0.3, 0.4) is 0 Å². The first kappa shape index (κ1) is 22.0. The van der Waals surface area contributed by atoms with Crippen molar-refractivity contribution < 1.29 is 14.3 Å². The Bertz CT molecular complexity index is 1130. The van der Waals surface area contributed by atoms with Gasteiger partial charge in [-0.3, -0.25) is 14.5 Å². The van der Waals surface area contributed by atoms with Gasteiger partial charge in [-0.25, -0.2) is 4.98 Å². The summed E-state index contributed by atoms with van der Waals surface area (Å²) in [5, 5.41) is 0.0481. The van der Waals surface area contributed by atoms with Crippen LogP contribution in [0.15, 0.2) is 63.8 Å². The van der Waals surface area contributed by atoms with Crippen molar-refractivity contribution in [3.8, 4) is 5.75 Å². The number of ether oxygens (including phenoxy) is 1. The zero-order valence-corrected chi connectivity index (χ0v) is 19.6. The number of halogens is 1. The number of thiazole rings is 1. The summed E-state index contributed by atoms with van der Waals surface area (Å²) in [6.07, 6.45) is 1.66. The van der Waals surface area contributed by atoms with E-state index < -0.39 is 0 Å². The molecule has 0 atom stereocenters. The van der Waals surface area contributed by atoms with Crippen molar-refractivity contribution in [3.05, 3.63) is 80.7 Å². The first-order valence-electron chi connectivity index (χ1n) is 9.25. The number of nitrogens with zero attached hydrogens (tertiary/aromatic N) is 2. The van der Waals surface area contributed by atoms with Crippen LogP contribution in [0.25, 0.3) is 6.08 Å². The van der Waals surface area contributed by atoms with Crippen LogP contribution in [-0.2, 0) is 17.1 Å². The van der Waals surface area contributed by atoms with E-state index in [9.17, 15) is 9.59 Å². The molecule has 0 bridgehead atoms. The van der Waals surface area contributed by atoms with Crippen molar-refractivity contribution >= 4 is 63.7 Å². The van der Waals surface area contributed by atoms with E-state index in [0.29, 0.717) is 14.9 Å². The number of aromatic nitrogens is 1. The lowest BCUT2D eigenvalue weighted by atomic mass is 10.2. The van der Waals surface area contributed by atoms with Gasteiger partial charge in [-0.1, -0.05) is 65.8 Å². The lowest BCUT2D eigenvalue weighted by Gasteiger charge is -2.11. The molecule has 2 heterocycles. The van der Waals surface area contributed by atoms with Crippen LogP contribution in [0.4, 0.5) is 4.79 Å². The molecule has 31 heavy (non-hydrogen) atoms. The van der Waals surface area contributed by atoms with Gasteiger partial charge in [0.15, 0.2) is 4.34 Å².